The van der Waals surface area contributed by atoms with E-state index in [0.29, 0.717) is 17.8 Å². The molecule has 1 atom stereocenters. The Kier molecular flexibility index (Phi) is 5.10. The van der Waals surface area contributed by atoms with Crippen LogP contribution in [-0.4, -0.2) is 18.8 Å². The molecule has 1 aromatic rings. The number of esters is 1. The maximum atomic E-state index is 12.3. The van der Waals surface area contributed by atoms with Crippen LogP contribution in [0.5, 0.6) is 0 Å². The van der Waals surface area contributed by atoms with Gasteiger partial charge in [0.05, 0.1) is 34.8 Å². The van der Waals surface area contributed by atoms with E-state index in [-0.39, 0.29) is 11.9 Å². The highest BCUT2D eigenvalue weighted by molar-refractivity contribution is 8.02. The molecule has 0 saturated carbocycles. The van der Waals surface area contributed by atoms with E-state index >= 15 is 0 Å². The van der Waals surface area contributed by atoms with Crippen molar-refractivity contribution >= 4 is 29.1 Å². The molecule has 2 rings (SSSR count). The van der Waals surface area contributed by atoms with Crippen LogP contribution in [0, 0.1) is 11.3 Å². The van der Waals surface area contributed by atoms with Crippen LogP contribution in [0.2, 0.25) is 0 Å². The number of thioether (sulfide) groups is 1. The Balaban J connectivity index is 2.57. The first kappa shape index (κ1) is 15.7. The quantitative estimate of drug-likeness (QED) is 0.862. The summed E-state index contributed by atoms with van der Waals surface area (Å²) in [5.41, 5.74) is 1.84. The Hall–Kier alpha value is -1.71. The minimum absolute atomic E-state index is 0.313. The lowest BCUT2D eigenvalue weighted by Crippen LogP contribution is -2.28. The summed E-state index contributed by atoms with van der Waals surface area (Å²) in [4.78, 5) is 13.3. The highest BCUT2D eigenvalue weighted by Gasteiger charge is 2.35. The number of carbonyl (C=O) groups is 1. The zero-order valence-corrected chi connectivity index (χ0v) is 13.7. The largest absolute Gasteiger partial charge is 0.463 e. The monoisotopic (exact) mass is 320 g/mol. The lowest BCUT2D eigenvalue weighted by molar-refractivity contribution is -0.138. The molecule has 0 aromatic carbocycles. The number of thiophene rings is 1. The minimum atomic E-state index is -0.367. The lowest BCUT2D eigenvalue weighted by atomic mass is 9.87. The molecule has 0 unspecified atom stereocenters. The number of nitriles is 1. The van der Waals surface area contributed by atoms with E-state index in [1.165, 1.54) is 23.1 Å². The Morgan fingerprint density at radius 2 is 2.38 bits per heavy atom. The number of allylic oxidation sites excluding steroid dienone is 2. The van der Waals surface area contributed by atoms with E-state index in [0.717, 1.165) is 15.6 Å². The zero-order valence-electron chi connectivity index (χ0n) is 12.1. The smallest absolute Gasteiger partial charge is 0.336 e. The number of nitrogens with one attached hydrogen (secondary N) is 1. The van der Waals surface area contributed by atoms with Gasteiger partial charge >= 0.3 is 5.97 Å². The number of carbonyl (C=O) groups excluding carboxylic acids is 1. The topological polar surface area (TPSA) is 62.1 Å². The standard InChI is InChI=1S/C15H16N2O2S2/c1-4-19-15(18)12-9(2)17-14(20-3)10(8-16)13(12)11-6-5-7-21-11/h5-7,13,17H,4H2,1-3H3/t13-/m0/s1. The van der Waals surface area contributed by atoms with E-state index in [2.05, 4.69) is 11.4 Å². The maximum absolute atomic E-state index is 12.3. The third-order valence-electron chi connectivity index (χ3n) is 3.17. The SMILES string of the molecule is CCOC(=O)C1=C(C)NC(SC)=C(C#N)[C@H]1c1cccs1. The van der Waals surface area contributed by atoms with Crippen LogP contribution >= 0.6 is 23.1 Å². The van der Waals surface area contributed by atoms with E-state index in [1.807, 2.05) is 30.7 Å². The summed E-state index contributed by atoms with van der Waals surface area (Å²) in [6, 6.07) is 6.12. The van der Waals surface area contributed by atoms with Crippen molar-refractivity contribution in [1.29, 1.82) is 5.26 Å². The van der Waals surface area contributed by atoms with Crippen LogP contribution < -0.4 is 5.32 Å². The second-order valence-electron chi connectivity index (χ2n) is 4.39. The molecule has 0 fully saturated rings. The molecule has 1 aliphatic heterocycles. The van der Waals surface area contributed by atoms with Crippen LogP contribution in [0.1, 0.15) is 24.6 Å². The predicted octanol–water partition coefficient (Wildman–Crippen LogP) is 3.37. The average molecular weight is 320 g/mol. The highest BCUT2D eigenvalue weighted by Crippen LogP contribution is 2.41. The van der Waals surface area contributed by atoms with E-state index in [9.17, 15) is 10.1 Å². The van der Waals surface area contributed by atoms with Crippen molar-refractivity contribution in [3.63, 3.8) is 0 Å². The molecule has 6 heteroatoms. The number of dihydropyridines is 1. The first-order chi connectivity index (χ1) is 10.1. The van der Waals surface area contributed by atoms with E-state index in [4.69, 9.17) is 4.74 Å². The van der Waals surface area contributed by atoms with Crippen LogP contribution in [0.4, 0.5) is 0 Å². The van der Waals surface area contributed by atoms with Crippen LogP contribution in [0.3, 0.4) is 0 Å². The minimum Gasteiger partial charge on any atom is -0.463 e. The highest BCUT2D eigenvalue weighted by atomic mass is 32.2. The molecule has 2 heterocycles. The van der Waals surface area contributed by atoms with Crippen molar-refractivity contribution in [2.24, 2.45) is 0 Å². The van der Waals surface area contributed by atoms with Gasteiger partial charge in [0.1, 0.15) is 0 Å². The summed E-state index contributed by atoms with van der Waals surface area (Å²) in [6.45, 7) is 3.93. The molecule has 0 aliphatic carbocycles. The zero-order chi connectivity index (χ0) is 15.4. The molecular formula is C15H16N2O2S2. The molecule has 0 amide bonds. The third-order valence-corrected chi connectivity index (χ3v) is 4.84. The first-order valence-electron chi connectivity index (χ1n) is 6.50. The van der Waals surface area contributed by atoms with Crippen molar-refractivity contribution in [1.82, 2.24) is 5.32 Å². The van der Waals surface area contributed by atoms with Gasteiger partial charge in [0.15, 0.2) is 0 Å². The fourth-order valence-corrected chi connectivity index (χ4v) is 3.77. The van der Waals surface area contributed by atoms with Gasteiger partial charge in [-0.3, -0.25) is 0 Å². The van der Waals surface area contributed by atoms with E-state index in [1.54, 1.807) is 6.92 Å². The van der Waals surface area contributed by atoms with Crippen LogP contribution in [-0.2, 0) is 9.53 Å². The van der Waals surface area contributed by atoms with Gasteiger partial charge in [0, 0.05) is 10.6 Å². The summed E-state index contributed by atoms with van der Waals surface area (Å²) in [5.74, 6) is -0.716. The molecule has 4 nitrogen and oxygen atoms in total. The summed E-state index contributed by atoms with van der Waals surface area (Å²) >= 11 is 3.01. The van der Waals surface area contributed by atoms with Gasteiger partial charge < -0.3 is 10.1 Å². The number of hydrogen-bond donors (Lipinski definition) is 1. The molecule has 1 N–H and O–H groups in total. The summed E-state index contributed by atoms with van der Waals surface area (Å²) < 4.78 is 5.17. The Morgan fingerprint density at radius 1 is 1.62 bits per heavy atom. The fourth-order valence-electron chi connectivity index (χ4n) is 2.29. The fraction of sp³-hybridized carbons (Fsp3) is 0.333. The van der Waals surface area contributed by atoms with Crippen LogP contribution in [0.25, 0.3) is 0 Å². The molecule has 0 bridgehead atoms. The molecular weight excluding hydrogens is 304 g/mol. The number of nitrogens with zero attached hydrogens (tertiary/aromatic N) is 1. The van der Waals surface area contributed by atoms with Gasteiger partial charge in [-0.15, -0.1) is 23.1 Å². The molecule has 1 aliphatic rings. The van der Waals surface area contributed by atoms with Gasteiger partial charge in [-0.05, 0) is 31.5 Å². The predicted molar refractivity (Wildman–Crippen MR) is 85.7 cm³/mol. The van der Waals surface area contributed by atoms with Gasteiger partial charge in [0.2, 0.25) is 0 Å². The average Bonchev–Trinajstić information content (AvgIpc) is 2.99. The van der Waals surface area contributed by atoms with Crippen molar-refractivity contribution in [3.8, 4) is 6.07 Å². The second-order valence-corrected chi connectivity index (χ2v) is 6.19. The summed E-state index contributed by atoms with van der Waals surface area (Å²) in [5, 5.41) is 15.4. The molecule has 1 aromatic heterocycles. The number of ether oxygens (including phenoxy) is 1. The Labute approximate surface area is 132 Å². The first-order valence-corrected chi connectivity index (χ1v) is 8.61. The van der Waals surface area contributed by atoms with Gasteiger partial charge in [0.25, 0.3) is 0 Å². The normalized spacial score (nSPS) is 18.3. The molecule has 0 radical (unpaired) electrons. The maximum Gasteiger partial charge on any atom is 0.336 e. The summed E-state index contributed by atoms with van der Waals surface area (Å²) in [7, 11) is 0. The Morgan fingerprint density at radius 3 is 2.90 bits per heavy atom. The van der Waals surface area contributed by atoms with Crippen molar-refractivity contribution in [2.45, 2.75) is 19.8 Å². The third kappa shape index (κ3) is 2.99. The lowest BCUT2D eigenvalue weighted by Gasteiger charge is -2.27. The molecule has 21 heavy (non-hydrogen) atoms. The van der Waals surface area contributed by atoms with E-state index < -0.39 is 0 Å². The molecule has 110 valence electrons. The molecule has 0 spiro atoms. The van der Waals surface area contributed by atoms with Crippen molar-refractivity contribution in [3.05, 3.63) is 44.3 Å². The van der Waals surface area contributed by atoms with Crippen molar-refractivity contribution < 1.29 is 9.53 Å². The van der Waals surface area contributed by atoms with Gasteiger partial charge in [-0.1, -0.05) is 6.07 Å². The summed E-state index contributed by atoms with van der Waals surface area (Å²) in [6.07, 6.45) is 1.91. The van der Waals surface area contributed by atoms with Gasteiger partial charge in [-0.2, -0.15) is 5.26 Å². The number of hydrogen-bond acceptors (Lipinski definition) is 6. The number of rotatable bonds is 4. The second kappa shape index (κ2) is 6.83. The molecule has 0 saturated heterocycles. The van der Waals surface area contributed by atoms with Gasteiger partial charge in [-0.25, -0.2) is 4.79 Å². The van der Waals surface area contributed by atoms with Crippen molar-refractivity contribution in [2.75, 3.05) is 12.9 Å². The van der Waals surface area contributed by atoms with Crippen LogP contribution in [0.15, 0.2) is 39.4 Å². The Bertz CT molecular complexity index is 639.